The molecular formula is C20H35N5O. The van der Waals surface area contributed by atoms with E-state index in [2.05, 4.69) is 58.6 Å². The molecule has 146 valence electrons. The van der Waals surface area contributed by atoms with Gasteiger partial charge in [0.15, 0.2) is 5.96 Å². The highest BCUT2D eigenvalue weighted by molar-refractivity contribution is 5.79. The zero-order chi connectivity index (χ0) is 18.8. The number of hydrogen-bond donors (Lipinski definition) is 2. The van der Waals surface area contributed by atoms with Crippen LogP contribution < -0.4 is 10.6 Å². The molecule has 6 heteroatoms. The average Bonchev–Trinajstić information content (AvgIpc) is 2.65. The van der Waals surface area contributed by atoms with Crippen molar-refractivity contribution in [2.45, 2.75) is 19.6 Å². The van der Waals surface area contributed by atoms with Gasteiger partial charge in [0.2, 0.25) is 0 Å². The maximum absolute atomic E-state index is 5.82. The van der Waals surface area contributed by atoms with Gasteiger partial charge in [-0.1, -0.05) is 37.3 Å². The van der Waals surface area contributed by atoms with Crippen LogP contribution in [0.15, 0.2) is 35.3 Å². The standard InChI is InChI=1S/C20H35N5O/c1-17(15-26-16-18-8-6-5-7-9-18)12-22-20(21-2)23-13-19-14-24(3)10-11-25(19)4/h5-9,17,19H,10-16H2,1-4H3,(H2,21,22,23). The number of hydrogen-bond acceptors (Lipinski definition) is 4. The maximum atomic E-state index is 5.82. The molecule has 1 saturated heterocycles. The highest BCUT2D eigenvalue weighted by atomic mass is 16.5. The van der Waals surface area contributed by atoms with E-state index in [9.17, 15) is 0 Å². The summed E-state index contributed by atoms with van der Waals surface area (Å²) in [6.45, 7) is 8.67. The van der Waals surface area contributed by atoms with Crippen molar-refractivity contribution >= 4 is 5.96 Å². The zero-order valence-corrected chi connectivity index (χ0v) is 16.7. The maximum Gasteiger partial charge on any atom is 0.191 e. The Labute approximate surface area is 158 Å². The highest BCUT2D eigenvalue weighted by Crippen LogP contribution is 2.05. The first-order valence-electron chi connectivity index (χ1n) is 9.53. The summed E-state index contributed by atoms with van der Waals surface area (Å²) in [5, 5.41) is 6.87. The molecule has 0 saturated carbocycles. The van der Waals surface area contributed by atoms with Crippen molar-refractivity contribution in [3.05, 3.63) is 35.9 Å². The lowest BCUT2D eigenvalue weighted by Crippen LogP contribution is -2.55. The zero-order valence-electron chi connectivity index (χ0n) is 16.7. The molecule has 6 nitrogen and oxygen atoms in total. The van der Waals surface area contributed by atoms with Crippen LogP contribution in [0.1, 0.15) is 12.5 Å². The molecule has 26 heavy (non-hydrogen) atoms. The van der Waals surface area contributed by atoms with Crippen molar-refractivity contribution in [3.8, 4) is 0 Å². The second-order valence-corrected chi connectivity index (χ2v) is 7.34. The van der Waals surface area contributed by atoms with Crippen LogP contribution in [0.3, 0.4) is 0 Å². The number of nitrogens with one attached hydrogen (secondary N) is 2. The summed E-state index contributed by atoms with van der Waals surface area (Å²) in [5.41, 5.74) is 1.21. The van der Waals surface area contributed by atoms with Crippen LogP contribution in [0.5, 0.6) is 0 Å². The van der Waals surface area contributed by atoms with Crippen molar-refractivity contribution in [2.24, 2.45) is 10.9 Å². The van der Waals surface area contributed by atoms with E-state index in [0.29, 0.717) is 18.6 Å². The van der Waals surface area contributed by atoms with Crippen molar-refractivity contribution in [3.63, 3.8) is 0 Å². The Balaban J connectivity index is 1.63. The number of nitrogens with zero attached hydrogens (tertiary/aromatic N) is 3. The topological polar surface area (TPSA) is 52.1 Å². The summed E-state index contributed by atoms with van der Waals surface area (Å²) in [6, 6.07) is 10.8. The molecule has 0 bridgehead atoms. The van der Waals surface area contributed by atoms with E-state index in [0.717, 1.165) is 45.3 Å². The molecule has 2 rings (SSSR count). The number of guanidine groups is 1. The summed E-state index contributed by atoms with van der Waals surface area (Å²) in [4.78, 5) is 9.14. The first-order chi connectivity index (χ1) is 12.6. The number of benzene rings is 1. The summed E-state index contributed by atoms with van der Waals surface area (Å²) in [7, 11) is 6.20. The molecule has 1 fully saturated rings. The Morgan fingerprint density at radius 3 is 2.73 bits per heavy atom. The predicted octanol–water partition coefficient (Wildman–Crippen LogP) is 1.25. The second kappa shape index (κ2) is 11.2. The van der Waals surface area contributed by atoms with E-state index in [1.165, 1.54) is 5.56 Å². The van der Waals surface area contributed by atoms with E-state index in [1.807, 2.05) is 25.2 Å². The molecule has 2 unspecified atom stereocenters. The lowest BCUT2D eigenvalue weighted by molar-refractivity contribution is 0.0930. The summed E-state index contributed by atoms with van der Waals surface area (Å²) in [5.74, 6) is 1.28. The second-order valence-electron chi connectivity index (χ2n) is 7.34. The van der Waals surface area contributed by atoms with E-state index >= 15 is 0 Å². The van der Waals surface area contributed by atoms with Crippen LogP contribution in [-0.2, 0) is 11.3 Å². The molecule has 1 aliphatic rings. The summed E-state index contributed by atoms with van der Waals surface area (Å²) in [6.07, 6.45) is 0. The van der Waals surface area contributed by atoms with Gasteiger partial charge >= 0.3 is 0 Å². The van der Waals surface area contributed by atoms with E-state index in [1.54, 1.807) is 0 Å². The molecule has 1 aromatic carbocycles. The van der Waals surface area contributed by atoms with Gasteiger partial charge in [0.1, 0.15) is 0 Å². The molecule has 1 aromatic rings. The van der Waals surface area contributed by atoms with Crippen LogP contribution in [0.2, 0.25) is 0 Å². The molecule has 2 N–H and O–H groups in total. The number of likely N-dealkylation sites (N-methyl/N-ethyl adjacent to an activating group) is 2. The number of ether oxygens (including phenoxy) is 1. The molecule has 0 spiro atoms. The Bertz CT molecular complexity index is 536. The number of rotatable bonds is 8. The van der Waals surface area contributed by atoms with Gasteiger partial charge in [0, 0.05) is 45.8 Å². The summed E-state index contributed by atoms with van der Waals surface area (Å²) < 4.78 is 5.82. The van der Waals surface area contributed by atoms with Gasteiger partial charge in [-0.15, -0.1) is 0 Å². The molecule has 0 amide bonds. The molecule has 1 heterocycles. The lowest BCUT2D eigenvalue weighted by Gasteiger charge is -2.38. The predicted molar refractivity (Wildman–Crippen MR) is 109 cm³/mol. The monoisotopic (exact) mass is 361 g/mol. The fraction of sp³-hybridized carbons (Fsp3) is 0.650. The quantitative estimate of drug-likeness (QED) is 0.539. The summed E-state index contributed by atoms with van der Waals surface area (Å²) >= 11 is 0. The fourth-order valence-electron chi connectivity index (χ4n) is 3.04. The minimum absolute atomic E-state index is 0.417. The van der Waals surface area contributed by atoms with Crippen LogP contribution in [-0.4, -0.2) is 82.3 Å². The molecule has 1 aliphatic heterocycles. The highest BCUT2D eigenvalue weighted by Gasteiger charge is 2.22. The van der Waals surface area contributed by atoms with E-state index in [4.69, 9.17) is 4.74 Å². The largest absolute Gasteiger partial charge is 0.376 e. The third-order valence-corrected chi connectivity index (χ3v) is 4.84. The van der Waals surface area contributed by atoms with E-state index < -0.39 is 0 Å². The van der Waals surface area contributed by atoms with Crippen LogP contribution in [0, 0.1) is 5.92 Å². The van der Waals surface area contributed by atoms with Gasteiger partial charge in [-0.05, 0) is 25.6 Å². The van der Waals surface area contributed by atoms with Crippen molar-refractivity contribution in [2.75, 3.05) is 60.5 Å². The number of piperazine rings is 1. The molecular weight excluding hydrogens is 326 g/mol. The number of aliphatic imine (C=N–C) groups is 1. The smallest absolute Gasteiger partial charge is 0.191 e. The molecule has 0 aromatic heterocycles. The average molecular weight is 362 g/mol. The SMILES string of the molecule is CN=C(NCC(C)COCc1ccccc1)NCC1CN(C)CCN1C. The van der Waals surface area contributed by atoms with Crippen molar-refractivity contribution < 1.29 is 4.74 Å². The Morgan fingerprint density at radius 1 is 1.23 bits per heavy atom. The van der Waals surface area contributed by atoms with Gasteiger partial charge in [-0.3, -0.25) is 9.89 Å². The van der Waals surface area contributed by atoms with Gasteiger partial charge in [-0.2, -0.15) is 0 Å². The normalized spacial score (nSPS) is 20.8. The lowest BCUT2D eigenvalue weighted by atomic mass is 10.2. The van der Waals surface area contributed by atoms with Crippen LogP contribution in [0.25, 0.3) is 0 Å². The molecule has 2 atom stereocenters. The third-order valence-electron chi connectivity index (χ3n) is 4.84. The Kier molecular flexibility index (Phi) is 8.88. The van der Waals surface area contributed by atoms with Crippen LogP contribution in [0.4, 0.5) is 0 Å². The minimum Gasteiger partial charge on any atom is -0.376 e. The Morgan fingerprint density at radius 2 is 2.00 bits per heavy atom. The third kappa shape index (κ3) is 7.32. The first kappa shape index (κ1) is 20.7. The Hall–Kier alpha value is -1.63. The van der Waals surface area contributed by atoms with Gasteiger partial charge in [0.25, 0.3) is 0 Å². The van der Waals surface area contributed by atoms with Crippen molar-refractivity contribution in [1.29, 1.82) is 0 Å². The fourth-order valence-corrected chi connectivity index (χ4v) is 3.04. The van der Waals surface area contributed by atoms with Crippen LogP contribution >= 0.6 is 0 Å². The van der Waals surface area contributed by atoms with Gasteiger partial charge < -0.3 is 20.3 Å². The van der Waals surface area contributed by atoms with E-state index in [-0.39, 0.29) is 0 Å². The first-order valence-corrected chi connectivity index (χ1v) is 9.53. The minimum atomic E-state index is 0.417. The van der Waals surface area contributed by atoms with Gasteiger partial charge in [0.05, 0.1) is 13.2 Å². The molecule has 0 aliphatic carbocycles. The van der Waals surface area contributed by atoms with Crippen molar-refractivity contribution in [1.82, 2.24) is 20.4 Å². The van der Waals surface area contributed by atoms with Gasteiger partial charge in [-0.25, -0.2) is 0 Å². The molecule has 0 radical (unpaired) electrons.